The highest BCUT2D eigenvalue weighted by Crippen LogP contribution is 2.33. The third kappa shape index (κ3) is 2.69. The van der Waals surface area contributed by atoms with E-state index in [2.05, 4.69) is 5.10 Å². The minimum atomic E-state index is -4.47. The van der Waals surface area contributed by atoms with Gasteiger partial charge in [-0.25, -0.2) is 0 Å². The first-order valence-electron chi connectivity index (χ1n) is 5.96. The highest BCUT2D eigenvalue weighted by molar-refractivity contribution is 5.96. The summed E-state index contributed by atoms with van der Waals surface area (Å²) in [5, 5.41) is 3.54. The van der Waals surface area contributed by atoms with Gasteiger partial charge in [-0.3, -0.25) is 9.48 Å². The predicted molar refractivity (Wildman–Crippen MR) is 64.1 cm³/mol. The van der Waals surface area contributed by atoms with Gasteiger partial charge < -0.3 is 9.47 Å². The van der Waals surface area contributed by atoms with Crippen molar-refractivity contribution in [2.24, 2.45) is 0 Å². The van der Waals surface area contributed by atoms with E-state index in [1.807, 2.05) is 0 Å². The largest absolute Gasteiger partial charge is 0.454 e. The fourth-order valence-electron chi connectivity index (χ4n) is 1.90. The number of rotatable bonds is 3. The standard InChI is InChI=1S/C13H9F3N2O3/c14-13(15,16)9-4-17-18(5-9)6-10(19)8-1-2-11-12(3-8)21-7-20-11/h1-5H,6-7H2. The normalized spacial score (nSPS) is 13.5. The zero-order valence-electron chi connectivity index (χ0n) is 10.6. The Morgan fingerprint density at radius 3 is 2.76 bits per heavy atom. The van der Waals surface area contributed by atoms with Gasteiger partial charge in [0.15, 0.2) is 17.3 Å². The molecule has 1 aromatic heterocycles. The molecule has 0 bridgehead atoms. The van der Waals surface area contributed by atoms with E-state index in [1.165, 1.54) is 12.1 Å². The van der Waals surface area contributed by atoms with E-state index in [0.717, 1.165) is 10.9 Å². The Morgan fingerprint density at radius 1 is 1.29 bits per heavy atom. The molecular formula is C13H9F3N2O3. The number of carbonyl (C=O) groups is 1. The molecule has 0 aliphatic carbocycles. The van der Waals surface area contributed by atoms with Crippen molar-refractivity contribution in [2.75, 3.05) is 6.79 Å². The number of ether oxygens (including phenoxy) is 2. The maximum Gasteiger partial charge on any atom is 0.419 e. The van der Waals surface area contributed by atoms with Gasteiger partial charge in [0.2, 0.25) is 6.79 Å². The van der Waals surface area contributed by atoms with Crippen LogP contribution in [0.5, 0.6) is 11.5 Å². The van der Waals surface area contributed by atoms with Gasteiger partial charge >= 0.3 is 6.18 Å². The van der Waals surface area contributed by atoms with Crippen LogP contribution in [0, 0.1) is 0 Å². The number of ketones is 1. The fraction of sp³-hybridized carbons (Fsp3) is 0.231. The third-order valence-electron chi connectivity index (χ3n) is 2.96. The van der Waals surface area contributed by atoms with Crippen LogP contribution in [0.15, 0.2) is 30.6 Å². The monoisotopic (exact) mass is 298 g/mol. The Labute approximate surface area is 116 Å². The van der Waals surface area contributed by atoms with Crippen LogP contribution < -0.4 is 9.47 Å². The summed E-state index contributed by atoms with van der Waals surface area (Å²) in [6.45, 7) is -0.198. The molecule has 5 nitrogen and oxygen atoms in total. The minimum absolute atomic E-state index is 0.0844. The van der Waals surface area contributed by atoms with Gasteiger partial charge in [-0.15, -0.1) is 0 Å². The summed E-state index contributed by atoms with van der Waals surface area (Å²) in [6.07, 6.45) is -2.99. The van der Waals surface area contributed by atoms with E-state index in [9.17, 15) is 18.0 Å². The molecule has 0 saturated heterocycles. The Bertz CT molecular complexity index is 694. The van der Waals surface area contributed by atoms with Crippen LogP contribution in [0.25, 0.3) is 0 Å². The second kappa shape index (κ2) is 4.80. The van der Waals surface area contributed by atoms with Crippen LogP contribution in [0.4, 0.5) is 13.2 Å². The molecule has 0 unspecified atom stereocenters. The summed E-state index contributed by atoms with van der Waals surface area (Å²) in [4.78, 5) is 12.0. The van der Waals surface area contributed by atoms with Crippen molar-refractivity contribution < 1.29 is 27.4 Å². The smallest absolute Gasteiger partial charge is 0.419 e. The molecular weight excluding hydrogens is 289 g/mol. The van der Waals surface area contributed by atoms with Gasteiger partial charge in [-0.05, 0) is 18.2 Å². The molecule has 0 N–H and O–H groups in total. The van der Waals surface area contributed by atoms with E-state index in [1.54, 1.807) is 6.07 Å². The maximum absolute atomic E-state index is 12.4. The second-order valence-electron chi connectivity index (χ2n) is 4.42. The van der Waals surface area contributed by atoms with E-state index >= 15 is 0 Å². The van der Waals surface area contributed by atoms with Gasteiger partial charge in [0.1, 0.15) is 6.54 Å². The number of carbonyl (C=O) groups excluding carboxylic acids is 1. The molecule has 2 heterocycles. The lowest BCUT2D eigenvalue weighted by Gasteiger charge is -2.03. The number of halogens is 3. The Balaban J connectivity index is 1.76. The number of Topliss-reactive ketones (excluding diaryl/α,β-unsaturated/α-hetero) is 1. The lowest BCUT2D eigenvalue weighted by atomic mass is 10.1. The van der Waals surface area contributed by atoms with Gasteiger partial charge in [0, 0.05) is 11.8 Å². The van der Waals surface area contributed by atoms with Crippen molar-refractivity contribution in [3.05, 3.63) is 41.7 Å². The molecule has 0 saturated carbocycles. The van der Waals surface area contributed by atoms with E-state index in [4.69, 9.17) is 9.47 Å². The summed E-state index contributed by atoms with van der Waals surface area (Å²) in [5.41, 5.74) is -0.565. The van der Waals surface area contributed by atoms with E-state index in [-0.39, 0.29) is 19.1 Å². The SMILES string of the molecule is O=C(Cn1cc(C(F)(F)F)cn1)c1ccc2c(c1)OCO2. The van der Waals surface area contributed by atoms with Gasteiger partial charge in [-0.1, -0.05) is 0 Å². The van der Waals surface area contributed by atoms with E-state index in [0.29, 0.717) is 23.3 Å². The highest BCUT2D eigenvalue weighted by Gasteiger charge is 2.32. The van der Waals surface area contributed by atoms with Crippen LogP contribution in [-0.4, -0.2) is 22.4 Å². The fourth-order valence-corrected chi connectivity index (χ4v) is 1.90. The second-order valence-corrected chi connectivity index (χ2v) is 4.42. The number of hydrogen-bond acceptors (Lipinski definition) is 4. The molecule has 2 aromatic rings. The van der Waals surface area contributed by atoms with Crippen LogP contribution in [0.1, 0.15) is 15.9 Å². The first kappa shape index (κ1) is 13.5. The Morgan fingerprint density at radius 2 is 2.05 bits per heavy atom. The summed E-state index contributed by atoms with van der Waals surface area (Å²) in [7, 11) is 0. The minimum Gasteiger partial charge on any atom is -0.454 e. The molecule has 1 aliphatic rings. The van der Waals surface area contributed by atoms with Gasteiger partial charge in [0.05, 0.1) is 11.8 Å². The number of aromatic nitrogens is 2. The summed E-state index contributed by atoms with van der Waals surface area (Å²) in [6, 6.07) is 4.61. The lowest BCUT2D eigenvalue weighted by Crippen LogP contribution is -2.11. The van der Waals surface area contributed by atoms with Crippen molar-refractivity contribution in [1.29, 1.82) is 0 Å². The number of nitrogens with zero attached hydrogens (tertiary/aromatic N) is 2. The molecule has 0 fully saturated rings. The third-order valence-corrected chi connectivity index (χ3v) is 2.96. The summed E-state index contributed by atoms with van der Waals surface area (Å²) < 4.78 is 48.5. The molecule has 0 radical (unpaired) electrons. The van der Waals surface area contributed by atoms with Crippen molar-refractivity contribution >= 4 is 5.78 Å². The van der Waals surface area contributed by atoms with Crippen LogP contribution in [-0.2, 0) is 12.7 Å². The molecule has 3 rings (SSSR count). The van der Waals surface area contributed by atoms with Crippen LogP contribution in [0.3, 0.4) is 0 Å². The van der Waals surface area contributed by atoms with Crippen molar-refractivity contribution in [1.82, 2.24) is 9.78 Å². The predicted octanol–water partition coefficient (Wildman–Crippen LogP) is 2.51. The zero-order valence-corrected chi connectivity index (χ0v) is 10.6. The van der Waals surface area contributed by atoms with E-state index < -0.39 is 11.7 Å². The zero-order chi connectivity index (χ0) is 15.0. The van der Waals surface area contributed by atoms with Crippen molar-refractivity contribution in [3.8, 4) is 11.5 Å². The van der Waals surface area contributed by atoms with Crippen molar-refractivity contribution in [3.63, 3.8) is 0 Å². The molecule has 8 heteroatoms. The first-order chi connectivity index (χ1) is 9.93. The summed E-state index contributed by atoms with van der Waals surface area (Å²) >= 11 is 0. The number of hydrogen-bond donors (Lipinski definition) is 0. The average Bonchev–Trinajstić information content (AvgIpc) is 3.04. The Hall–Kier alpha value is -2.51. The van der Waals surface area contributed by atoms with Crippen LogP contribution >= 0.6 is 0 Å². The van der Waals surface area contributed by atoms with Crippen LogP contribution in [0.2, 0.25) is 0 Å². The molecule has 21 heavy (non-hydrogen) atoms. The number of alkyl halides is 3. The molecule has 0 spiro atoms. The van der Waals surface area contributed by atoms with Gasteiger partial charge in [-0.2, -0.15) is 18.3 Å². The van der Waals surface area contributed by atoms with Crippen molar-refractivity contribution in [2.45, 2.75) is 12.7 Å². The number of benzene rings is 1. The number of fused-ring (bicyclic) bond motifs is 1. The highest BCUT2D eigenvalue weighted by atomic mass is 19.4. The molecule has 0 amide bonds. The quantitative estimate of drug-likeness (QED) is 0.817. The molecule has 0 atom stereocenters. The Kier molecular flexibility index (Phi) is 3.08. The molecule has 1 aliphatic heterocycles. The molecule has 1 aromatic carbocycles. The van der Waals surface area contributed by atoms with Gasteiger partial charge in [0.25, 0.3) is 0 Å². The lowest BCUT2D eigenvalue weighted by molar-refractivity contribution is -0.137. The first-order valence-corrected chi connectivity index (χ1v) is 5.96. The summed E-state index contributed by atoms with van der Waals surface area (Å²) in [5.74, 6) is 0.604. The average molecular weight is 298 g/mol. The topological polar surface area (TPSA) is 53.4 Å². The molecule has 110 valence electrons. The maximum atomic E-state index is 12.4.